The van der Waals surface area contributed by atoms with Crippen molar-refractivity contribution in [2.45, 2.75) is 0 Å². The molecule has 0 aromatic carbocycles. The van der Waals surface area contributed by atoms with Crippen molar-refractivity contribution in [1.29, 1.82) is 0 Å². The van der Waals surface area contributed by atoms with Crippen LogP contribution in [0.3, 0.4) is 0 Å². The molecule has 10 nitrogen and oxygen atoms in total. The lowest BCUT2D eigenvalue weighted by Crippen LogP contribution is -2.07. The third-order valence-corrected chi connectivity index (χ3v) is 6.28. The molecule has 0 aliphatic heterocycles. The molecule has 0 saturated heterocycles. The first-order valence-electron chi connectivity index (χ1n) is 5.60. The lowest BCUT2D eigenvalue weighted by atomic mass is 10.7. The van der Waals surface area contributed by atoms with Gasteiger partial charge in [-0.2, -0.15) is 8.62 Å². The first-order valence-corrected chi connectivity index (χ1v) is 10.2. The van der Waals surface area contributed by atoms with E-state index in [1.807, 2.05) is 0 Å². The van der Waals surface area contributed by atoms with Crippen LogP contribution in [0.1, 0.15) is 0 Å². The minimum atomic E-state index is -4.85. The van der Waals surface area contributed by atoms with Gasteiger partial charge >= 0.3 is 23.4 Å². The largest absolute Gasteiger partial charge is 0.492 e. The highest BCUT2D eigenvalue weighted by Crippen LogP contribution is 2.69. The highest BCUT2D eigenvalue weighted by Gasteiger charge is 2.43. The van der Waals surface area contributed by atoms with Gasteiger partial charge in [0.15, 0.2) is 0 Å². The van der Waals surface area contributed by atoms with E-state index in [1.54, 1.807) is 0 Å². The van der Waals surface area contributed by atoms with Crippen molar-refractivity contribution in [3.8, 4) is 0 Å². The summed E-state index contributed by atoms with van der Waals surface area (Å²) in [4.78, 5) is 9.37. The molecule has 3 atom stereocenters. The predicted octanol–water partition coefficient (Wildman–Crippen LogP) is 2.90. The quantitative estimate of drug-likeness (QED) is 0.363. The molecular formula is C9H18NO9P3. The third-order valence-electron chi connectivity index (χ3n) is 1.50. The van der Waals surface area contributed by atoms with Crippen LogP contribution in [0.4, 0.5) is 0 Å². The van der Waals surface area contributed by atoms with E-state index in [0.717, 1.165) is 12.2 Å². The number of phosphoric acid groups is 2. The zero-order valence-electron chi connectivity index (χ0n) is 11.6. The predicted molar refractivity (Wildman–Crippen MR) is 79.8 cm³/mol. The van der Waals surface area contributed by atoms with Crippen LogP contribution in [0, 0.1) is 0 Å². The Morgan fingerprint density at radius 3 is 1.82 bits per heavy atom. The van der Waals surface area contributed by atoms with Crippen molar-refractivity contribution < 1.29 is 40.8 Å². The number of hydrogen-bond donors (Lipinski definition) is 2. The molecule has 3 unspecified atom stereocenters. The normalized spacial score (nSPS) is 19.4. The van der Waals surface area contributed by atoms with Gasteiger partial charge in [-0.05, 0) is 0 Å². The lowest BCUT2D eigenvalue weighted by Gasteiger charge is -2.21. The van der Waals surface area contributed by atoms with Gasteiger partial charge in [0.2, 0.25) is 0 Å². The molecule has 0 rings (SSSR count). The molecule has 0 bridgehead atoms. The van der Waals surface area contributed by atoms with Gasteiger partial charge in [-0.1, -0.05) is 18.2 Å². The molecular weight excluding hydrogens is 359 g/mol. The molecule has 0 fully saturated rings. The molecule has 0 aliphatic carbocycles. The monoisotopic (exact) mass is 377 g/mol. The molecule has 0 saturated carbocycles. The smallest absolute Gasteiger partial charge is 0.302 e. The van der Waals surface area contributed by atoms with Gasteiger partial charge < -0.3 is 4.89 Å². The molecule has 13 heteroatoms. The summed E-state index contributed by atoms with van der Waals surface area (Å²) >= 11 is 0. The van der Waals surface area contributed by atoms with E-state index in [-0.39, 0.29) is 13.2 Å². The number of hydrogen-bond acceptors (Lipinski definition) is 8. The second-order valence-electron chi connectivity index (χ2n) is 3.37. The highest BCUT2D eigenvalue weighted by atomic mass is 31.3. The SMILES string of the molecule is C=CCOP(N)(=O)OP(=O)(OCC=C)OP(=O)(O)OCC=C. The maximum absolute atomic E-state index is 12.2. The van der Waals surface area contributed by atoms with E-state index in [1.165, 1.54) is 6.08 Å². The summed E-state index contributed by atoms with van der Waals surface area (Å²) in [6.45, 7) is 8.72. The van der Waals surface area contributed by atoms with E-state index in [0.29, 0.717) is 0 Å². The Hall–Kier alpha value is -0.370. The standard InChI is InChI=1S/C9H18NO9P3/c1-4-7-15-20(10,11)18-22(14,17-9-6-3)19-21(12,13)16-8-5-2/h4-6H,1-3,7-9H2,(H2,10,11)(H,12,13). The summed E-state index contributed by atoms with van der Waals surface area (Å²) in [5, 5.41) is 0. The lowest BCUT2D eigenvalue weighted by molar-refractivity contribution is 0.166. The molecule has 0 radical (unpaired) electrons. The van der Waals surface area contributed by atoms with Crippen molar-refractivity contribution in [3.63, 3.8) is 0 Å². The molecule has 3 N–H and O–H groups in total. The van der Waals surface area contributed by atoms with Crippen LogP contribution >= 0.6 is 23.4 Å². The van der Waals surface area contributed by atoms with Gasteiger partial charge in [0, 0.05) is 0 Å². The molecule has 0 heterocycles. The Morgan fingerprint density at radius 1 is 0.864 bits per heavy atom. The summed E-state index contributed by atoms with van der Waals surface area (Å²) in [6.07, 6.45) is 3.48. The number of phosphoric ester groups is 1. The first kappa shape index (κ1) is 21.6. The average molecular weight is 377 g/mol. The van der Waals surface area contributed by atoms with Gasteiger partial charge in [-0.25, -0.2) is 19.2 Å². The summed E-state index contributed by atoms with van der Waals surface area (Å²) < 4.78 is 57.8. The minimum Gasteiger partial charge on any atom is -0.302 e. The molecule has 0 aliphatic rings. The molecule has 0 aromatic heterocycles. The van der Waals surface area contributed by atoms with Crippen molar-refractivity contribution in [1.82, 2.24) is 0 Å². The second-order valence-corrected chi connectivity index (χ2v) is 8.36. The van der Waals surface area contributed by atoms with Crippen molar-refractivity contribution >= 4 is 23.4 Å². The van der Waals surface area contributed by atoms with Crippen molar-refractivity contribution in [2.24, 2.45) is 5.50 Å². The maximum atomic E-state index is 12.2. The topological polar surface area (TPSA) is 144 Å². The minimum absolute atomic E-state index is 0.293. The van der Waals surface area contributed by atoms with Gasteiger partial charge in [0.1, 0.15) is 0 Å². The number of nitrogens with two attached hydrogens (primary N) is 1. The van der Waals surface area contributed by atoms with Gasteiger partial charge in [0.05, 0.1) is 19.8 Å². The highest BCUT2D eigenvalue weighted by molar-refractivity contribution is 7.68. The van der Waals surface area contributed by atoms with E-state index in [2.05, 4.69) is 41.9 Å². The zero-order valence-corrected chi connectivity index (χ0v) is 14.3. The van der Waals surface area contributed by atoms with Gasteiger partial charge in [-0.3, -0.25) is 13.6 Å². The van der Waals surface area contributed by atoms with E-state index in [9.17, 15) is 18.6 Å². The average Bonchev–Trinajstić information content (AvgIpc) is 2.39. The third kappa shape index (κ3) is 9.61. The van der Waals surface area contributed by atoms with Gasteiger partial charge in [-0.15, -0.1) is 19.7 Å². The van der Waals surface area contributed by atoms with Gasteiger partial charge in [0.25, 0.3) is 0 Å². The fourth-order valence-corrected chi connectivity index (χ4v) is 4.99. The van der Waals surface area contributed by atoms with Crippen molar-refractivity contribution in [3.05, 3.63) is 38.0 Å². The molecule has 0 aromatic rings. The fraction of sp³-hybridized carbons (Fsp3) is 0.333. The summed E-state index contributed by atoms with van der Waals surface area (Å²) in [6, 6.07) is 0. The Morgan fingerprint density at radius 2 is 1.32 bits per heavy atom. The Balaban J connectivity index is 5.14. The van der Waals surface area contributed by atoms with Crippen LogP contribution in [0.2, 0.25) is 0 Å². The Bertz CT molecular complexity index is 496. The summed E-state index contributed by atoms with van der Waals surface area (Å²) in [7, 11) is -14.1. The molecule has 0 amide bonds. The summed E-state index contributed by atoms with van der Waals surface area (Å²) in [5.41, 5.74) is 5.16. The fourth-order valence-electron chi connectivity index (χ4n) is 0.822. The van der Waals surface area contributed by atoms with E-state index >= 15 is 0 Å². The molecule has 128 valence electrons. The Labute approximate surface area is 128 Å². The van der Waals surface area contributed by atoms with E-state index in [4.69, 9.17) is 5.50 Å². The molecule has 22 heavy (non-hydrogen) atoms. The second kappa shape index (κ2) is 9.70. The Kier molecular flexibility index (Phi) is 9.54. The molecule has 0 spiro atoms. The zero-order chi connectivity index (χ0) is 17.3. The number of rotatable bonds is 13. The maximum Gasteiger partial charge on any atom is 0.492 e. The summed E-state index contributed by atoms with van der Waals surface area (Å²) in [5.74, 6) is 0. The van der Waals surface area contributed by atoms with Crippen LogP contribution in [0.5, 0.6) is 0 Å². The van der Waals surface area contributed by atoms with Crippen LogP contribution in [0.15, 0.2) is 38.0 Å². The first-order chi connectivity index (χ1) is 10.1. The van der Waals surface area contributed by atoms with Crippen LogP contribution in [0.25, 0.3) is 0 Å². The van der Waals surface area contributed by atoms with Crippen LogP contribution in [-0.4, -0.2) is 24.7 Å². The van der Waals surface area contributed by atoms with Crippen LogP contribution in [-0.2, 0) is 35.9 Å². The van der Waals surface area contributed by atoms with E-state index < -0.39 is 30.0 Å². The van der Waals surface area contributed by atoms with Crippen LogP contribution < -0.4 is 5.50 Å². The van der Waals surface area contributed by atoms with Crippen molar-refractivity contribution in [2.75, 3.05) is 19.8 Å².